The average Bonchev–Trinajstić information content (AvgIpc) is 2.29. The van der Waals surface area contributed by atoms with Gasteiger partial charge in [0, 0.05) is 13.1 Å². The van der Waals surface area contributed by atoms with Crippen molar-refractivity contribution in [3.8, 4) is 6.07 Å². The molecule has 0 radical (unpaired) electrons. The van der Waals surface area contributed by atoms with Crippen LogP contribution in [-0.4, -0.2) is 31.9 Å². The van der Waals surface area contributed by atoms with Crippen LogP contribution in [-0.2, 0) is 10.2 Å². The molecule has 1 heterocycles. The Kier molecular flexibility index (Phi) is 5.19. The molecule has 92 valence electrons. The van der Waals surface area contributed by atoms with Gasteiger partial charge in [0.15, 0.2) is 0 Å². The van der Waals surface area contributed by atoms with Crippen molar-refractivity contribution in [1.29, 1.82) is 5.26 Å². The van der Waals surface area contributed by atoms with Crippen molar-refractivity contribution in [3.63, 3.8) is 0 Å². The molecular formula is C10H19N3O2S. The highest BCUT2D eigenvalue weighted by molar-refractivity contribution is 7.87. The number of rotatable bonds is 5. The van der Waals surface area contributed by atoms with E-state index in [1.54, 1.807) is 0 Å². The highest BCUT2D eigenvalue weighted by Gasteiger charge is 2.26. The monoisotopic (exact) mass is 245 g/mol. The Hall–Kier alpha value is -0.640. The topological polar surface area (TPSA) is 73.2 Å². The van der Waals surface area contributed by atoms with E-state index in [1.165, 1.54) is 4.31 Å². The highest BCUT2D eigenvalue weighted by atomic mass is 32.2. The number of nitrogens with one attached hydrogen (secondary N) is 1. The van der Waals surface area contributed by atoms with Crippen LogP contribution >= 0.6 is 0 Å². The van der Waals surface area contributed by atoms with Crippen LogP contribution in [0.2, 0.25) is 0 Å². The smallest absolute Gasteiger partial charge is 0.197 e. The number of hydrogen-bond acceptors (Lipinski definition) is 3. The molecule has 0 spiro atoms. The molecule has 0 bridgehead atoms. The molecule has 0 aromatic heterocycles. The van der Waals surface area contributed by atoms with Crippen LogP contribution in [0.4, 0.5) is 0 Å². The van der Waals surface area contributed by atoms with Crippen molar-refractivity contribution < 1.29 is 8.42 Å². The standard InChI is InChI=1S/C10H19N3O2S/c1-2-6-10(9-11)12-16(14,15)13-7-4-3-5-8-13/h10,12H,2-8H2,1H3. The fraction of sp³-hybridized carbons (Fsp3) is 0.900. The van der Waals surface area contributed by atoms with Crippen molar-refractivity contribution >= 4 is 10.2 Å². The third-order valence-electron chi connectivity index (χ3n) is 2.68. The van der Waals surface area contributed by atoms with Crippen molar-refractivity contribution in [1.82, 2.24) is 9.03 Å². The van der Waals surface area contributed by atoms with E-state index < -0.39 is 16.3 Å². The number of nitrogens with zero attached hydrogens (tertiary/aromatic N) is 2. The molecule has 1 rings (SSSR count). The maximum Gasteiger partial charge on any atom is 0.280 e. The van der Waals surface area contributed by atoms with Gasteiger partial charge in [-0.1, -0.05) is 19.8 Å². The van der Waals surface area contributed by atoms with Gasteiger partial charge in [-0.25, -0.2) is 0 Å². The Morgan fingerprint density at radius 3 is 2.50 bits per heavy atom. The molecule has 1 aliphatic rings. The van der Waals surface area contributed by atoms with Gasteiger partial charge in [0.25, 0.3) is 10.2 Å². The number of nitriles is 1. The summed E-state index contributed by atoms with van der Waals surface area (Å²) < 4.78 is 27.7. The van der Waals surface area contributed by atoms with Crippen LogP contribution in [0.1, 0.15) is 39.0 Å². The second-order valence-electron chi connectivity index (χ2n) is 4.05. The lowest BCUT2D eigenvalue weighted by Gasteiger charge is -2.26. The zero-order valence-corrected chi connectivity index (χ0v) is 10.5. The minimum absolute atomic E-state index is 0.559. The van der Waals surface area contributed by atoms with E-state index in [0.29, 0.717) is 19.5 Å². The van der Waals surface area contributed by atoms with Crippen LogP contribution in [0.15, 0.2) is 0 Å². The third kappa shape index (κ3) is 3.74. The maximum atomic E-state index is 11.9. The molecule has 0 aromatic carbocycles. The summed E-state index contributed by atoms with van der Waals surface area (Å²) in [6.45, 7) is 3.07. The Balaban J connectivity index is 2.59. The zero-order valence-electron chi connectivity index (χ0n) is 9.65. The Bertz CT molecular complexity index is 342. The van der Waals surface area contributed by atoms with Gasteiger partial charge in [-0.2, -0.15) is 22.7 Å². The Labute approximate surface area is 97.6 Å². The van der Waals surface area contributed by atoms with Crippen LogP contribution in [0, 0.1) is 11.3 Å². The summed E-state index contributed by atoms with van der Waals surface area (Å²) in [6.07, 6.45) is 4.25. The van der Waals surface area contributed by atoms with Crippen LogP contribution < -0.4 is 4.72 Å². The van der Waals surface area contributed by atoms with E-state index >= 15 is 0 Å². The van der Waals surface area contributed by atoms with Crippen molar-refractivity contribution in [2.75, 3.05) is 13.1 Å². The molecule has 0 aliphatic carbocycles. The third-order valence-corrected chi connectivity index (χ3v) is 4.31. The number of piperidine rings is 1. The van der Waals surface area contributed by atoms with Gasteiger partial charge in [0.1, 0.15) is 6.04 Å². The maximum absolute atomic E-state index is 11.9. The van der Waals surface area contributed by atoms with E-state index in [0.717, 1.165) is 25.7 Å². The summed E-state index contributed by atoms with van der Waals surface area (Å²) in [5.74, 6) is 0. The minimum Gasteiger partial charge on any atom is -0.197 e. The van der Waals surface area contributed by atoms with Crippen LogP contribution in [0.3, 0.4) is 0 Å². The van der Waals surface area contributed by atoms with Gasteiger partial charge in [0.2, 0.25) is 0 Å². The molecule has 16 heavy (non-hydrogen) atoms. The Morgan fingerprint density at radius 2 is 2.00 bits per heavy atom. The molecule has 1 aliphatic heterocycles. The van der Waals surface area contributed by atoms with Gasteiger partial charge in [-0.05, 0) is 19.3 Å². The van der Waals surface area contributed by atoms with Crippen molar-refractivity contribution in [2.45, 2.75) is 45.1 Å². The molecule has 1 saturated heterocycles. The number of hydrogen-bond donors (Lipinski definition) is 1. The van der Waals surface area contributed by atoms with E-state index in [1.807, 2.05) is 13.0 Å². The predicted octanol–water partition coefficient (Wildman–Crippen LogP) is 0.999. The first-order valence-corrected chi connectivity index (χ1v) is 7.21. The van der Waals surface area contributed by atoms with E-state index in [2.05, 4.69) is 4.72 Å². The first kappa shape index (κ1) is 13.4. The SMILES string of the molecule is CCCC(C#N)NS(=O)(=O)N1CCCCC1. The first-order valence-electron chi connectivity index (χ1n) is 5.77. The van der Waals surface area contributed by atoms with Gasteiger partial charge < -0.3 is 0 Å². The predicted molar refractivity (Wildman–Crippen MR) is 61.8 cm³/mol. The van der Waals surface area contributed by atoms with Gasteiger partial charge >= 0.3 is 0 Å². The molecule has 6 heteroatoms. The fourth-order valence-electron chi connectivity index (χ4n) is 1.80. The molecule has 5 nitrogen and oxygen atoms in total. The molecule has 0 saturated carbocycles. The summed E-state index contributed by atoms with van der Waals surface area (Å²) in [6, 6.07) is 1.38. The molecule has 0 amide bonds. The molecular weight excluding hydrogens is 226 g/mol. The lowest BCUT2D eigenvalue weighted by molar-refractivity contribution is 0.339. The van der Waals surface area contributed by atoms with E-state index in [9.17, 15) is 8.42 Å². The zero-order chi connectivity index (χ0) is 12.0. The molecule has 1 N–H and O–H groups in total. The second kappa shape index (κ2) is 6.18. The summed E-state index contributed by atoms with van der Waals surface area (Å²) in [7, 11) is -3.46. The quantitative estimate of drug-likeness (QED) is 0.785. The molecule has 1 fully saturated rings. The summed E-state index contributed by atoms with van der Waals surface area (Å²) in [5.41, 5.74) is 0. The van der Waals surface area contributed by atoms with Gasteiger partial charge in [-0.3, -0.25) is 0 Å². The molecule has 1 unspecified atom stereocenters. The summed E-state index contributed by atoms with van der Waals surface area (Å²) in [5, 5.41) is 8.82. The lowest BCUT2D eigenvalue weighted by Crippen LogP contribution is -2.46. The fourth-order valence-corrected chi connectivity index (χ4v) is 3.22. The van der Waals surface area contributed by atoms with E-state index in [4.69, 9.17) is 5.26 Å². The first-order chi connectivity index (χ1) is 7.60. The normalized spacial score (nSPS) is 20.2. The average molecular weight is 245 g/mol. The summed E-state index contributed by atoms with van der Waals surface area (Å²) in [4.78, 5) is 0. The van der Waals surface area contributed by atoms with Gasteiger partial charge in [0.05, 0.1) is 6.07 Å². The van der Waals surface area contributed by atoms with Crippen LogP contribution in [0.5, 0.6) is 0 Å². The molecule has 1 atom stereocenters. The lowest BCUT2D eigenvalue weighted by atomic mass is 10.2. The van der Waals surface area contributed by atoms with E-state index in [-0.39, 0.29) is 0 Å². The highest BCUT2D eigenvalue weighted by Crippen LogP contribution is 2.12. The minimum atomic E-state index is -3.46. The van der Waals surface area contributed by atoms with Crippen molar-refractivity contribution in [3.05, 3.63) is 0 Å². The van der Waals surface area contributed by atoms with Crippen LogP contribution in [0.25, 0.3) is 0 Å². The summed E-state index contributed by atoms with van der Waals surface area (Å²) >= 11 is 0. The van der Waals surface area contributed by atoms with Crippen molar-refractivity contribution in [2.24, 2.45) is 0 Å². The van der Waals surface area contributed by atoms with Gasteiger partial charge in [-0.15, -0.1) is 0 Å². The molecule has 0 aromatic rings. The second-order valence-corrected chi connectivity index (χ2v) is 5.76. The Morgan fingerprint density at radius 1 is 1.38 bits per heavy atom. The largest absolute Gasteiger partial charge is 0.280 e.